The molecule has 18 heavy (non-hydrogen) atoms. The number of methoxy groups -OCH3 is 1. The van der Waals surface area contributed by atoms with E-state index in [9.17, 15) is 4.79 Å². The Balaban J connectivity index is 2.51. The quantitative estimate of drug-likeness (QED) is 0.760. The Labute approximate surface area is 111 Å². The number of nitrogens with one attached hydrogen (secondary N) is 1. The molecule has 1 fully saturated rings. The van der Waals surface area contributed by atoms with Gasteiger partial charge in [0.05, 0.1) is 12.6 Å². The van der Waals surface area contributed by atoms with Gasteiger partial charge >= 0.3 is 0 Å². The maximum Gasteiger partial charge on any atom is 0.223 e. The second-order valence-electron chi connectivity index (χ2n) is 5.51. The van der Waals surface area contributed by atoms with Crippen LogP contribution in [0.5, 0.6) is 0 Å². The summed E-state index contributed by atoms with van der Waals surface area (Å²) >= 11 is 0. The first kappa shape index (κ1) is 15.4. The lowest BCUT2D eigenvalue weighted by atomic mass is 9.77. The van der Waals surface area contributed by atoms with Gasteiger partial charge in [-0.2, -0.15) is 0 Å². The normalized spacial score (nSPS) is 29.9. The van der Waals surface area contributed by atoms with Gasteiger partial charge in [0.2, 0.25) is 5.91 Å². The van der Waals surface area contributed by atoms with Crippen LogP contribution >= 0.6 is 0 Å². The first-order valence-corrected chi connectivity index (χ1v) is 7.15. The fraction of sp³-hybridized carbons (Fsp3) is 0.929. The molecule has 0 aromatic carbocycles. The molecule has 0 saturated heterocycles. The van der Waals surface area contributed by atoms with Crippen LogP contribution in [0.15, 0.2) is 0 Å². The number of amides is 1. The zero-order valence-corrected chi connectivity index (χ0v) is 11.9. The van der Waals surface area contributed by atoms with Gasteiger partial charge in [-0.3, -0.25) is 4.79 Å². The summed E-state index contributed by atoms with van der Waals surface area (Å²) in [6, 6.07) is 0.305. The van der Waals surface area contributed by atoms with Crippen molar-refractivity contribution in [3.05, 3.63) is 0 Å². The minimum atomic E-state index is 0.0740. The molecule has 0 heterocycles. The van der Waals surface area contributed by atoms with Crippen LogP contribution < -0.4 is 11.1 Å². The van der Waals surface area contributed by atoms with E-state index in [1.807, 2.05) is 0 Å². The highest BCUT2D eigenvalue weighted by atomic mass is 16.5. The van der Waals surface area contributed by atoms with E-state index in [0.29, 0.717) is 6.61 Å². The van der Waals surface area contributed by atoms with E-state index < -0.39 is 0 Å². The zero-order chi connectivity index (χ0) is 13.5. The fourth-order valence-electron chi connectivity index (χ4n) is 2.82. The van der Waals surface area contributed by atoms with Crippen LogP contribution in [0.25, 0.3) is 0 Å². The monoisotopic (exact) mass is 256 g/mol. The molecule has 4 nitrogen and oxygen atoms in total. The topological polar surface area (TPSA) is 64.3 Å². The van der Waals surface area contributed by atoms with E-state index >= 15 is 0 Å². The number of carbonyl (C=O) groups is 1. The minimum Gasteiger partial charge on any atom is -0.383 e. The van der Waals surface area contributed by atoms with Crippen molar-refractivity contribution in [1.82, 2.24) is 5.32 Å². The zero-order valence-electron chi connectivity index (χ0n) is 11.9. The van der Waals surface area contributed by atoms with E-state index in [2.05, 4.69) is 19.2 Å². The van der Waals surface area contributed by atoms with E-state index in [1.54, 1.807) is 7.11 Å². The second-order valence-corrected chi connectivity index (χ2v) is 5.51. The van der Waals surface area contributed by atoms with Crippen LogP contribution in [0.2, 0.25) is 0 Å². The smallest absolute Gasteiger partial charge is 0.223 e. The van der Waals surface area contributed by atoms with Crippen molar-refractivity contribution in [1.29, 1.82) is 0 Å². The molecule has 0 bridgehead atoms. The molecule has 0 aliphatic heterocycles. The summed E-state index contributed by atoms with van der Waals surface area (Å²) < 4.78 is 5.15. The minimum absolute atomic E-state index is 0.0740. The van der Waals surface area contributed by atoms with E-state index in [0.717, 1.165) is 32.1 Å². The van der Waals surface area contributed by atoms with Crippen LogP contribution in [0.1, 0.15) is 46.0 Å². The molecule has 3 N–H and O–H groups in total. The third-order valence-electron chi connectivity index (χ3n) is 4.05. The molecule has 4 unspecified atom stereocenters. The number of rotatable bonds is 6. The van der Waals surface area contributed by atoms with Crippen molar-refractivity contribution in [3.63, 3.8) is 0 Å². The Morgan fingerprint density at radius 2 is 2.22 bits per heavy atom. The lowest BCUT2D eigenvalue weighted by Crippen LogP contribution is -2.47. The summed E-state index contributed by atoms with van der Waals surface area (Å²) in [7, 11) is 1.67. The Kier molecular flexibility index (Phi) is 6.65. The Bertz CT molecular complexity index is 252. The van der Waals surface area contributed by atoms with Gasteiger partial charge in [0.1, 0.15) is 0 Å². The van der Waals surface area contributed by atoms with Gasteiger partial charge in [-0.1, -0.05) is 26.7 Å². The van der Waals surface area contributed by atoms with Crippen LogP contribution in [0.3, 0.4) is 0 Å². The highest BCUT2D eigenvalue weighted by molar-refractivity contribution is 5.79. The molecular weight excluding hydrogens is 228 g/mol. The third-order valence-corrected chi connectivity index (χ3v) is 4.05. The fourth-order valence-corrected chi connectivity index (χ4v) is 2.82. The van der Waals surface area contributed by atoms with E-state index in [-0.39, 0.29) is 29.8 Å². The largest absolute Gasteiger partial charge is 0.383 e. The van der Waals surface area contributed by atoms with Crippen molar-refractivity contribution >= 4 is 5.91 Å². The Morgan fingerprint density at radius 3 is 2.83 bits per heavy atom. The molecule has 0 aromatic heterocycles. The molecule has 4 atom stereocenters. The molecule has 1 rings (SSSR count). The predicted octanol–water partition coefficient (Wildman–Crippen LogP) is 1.68. The van der Waals surface area contributed by atoms with Gasteiger partial charge in [0.25, 0.3) is 0 Å². The van der Waals surface area contributed by atoms with Crippen LogP contribution in [0, 0.1) is 11.8 Å². The molecule has 106 valence electrons. The van der Waals surface area contributed by atoms with Crippen molar-refractivity contribution in [3.8, 4) is 0 Å². The molecule has 1 amide bonds. The molecule has 0 radical (unpaired) electrons. The second kappa shape index (κ2) is 7.74. The van der Waals surface area contributed by atoms with Gasteiger partial charge in [-0.25, -0.2) is 0 Å². The number of nitrogens with two attached hydrogens (primary N) is 1. The first-order valence-electron chi connectivity index (χ1n) is 7.15. The van der Waals surface area contributed by atoms with Crippen molar-refractivity contribution in [2.24, 2.45) is 17.6 Å². The summed E-state index contributed by atoms with van der Waals surface area (Å²) in [5.41, 5.74) is 6.05. The standard InChI is InChI=1S/C14H28N2O2/c1-4-6-11(9-18-3)16-14(17)12-7-5-8-13(15)10(12)2/h10-13H,4-9,15H2,1-3H3,(H,16,17). The summed E-state index contributed by atoms with van der Waals surface area (Å²) in [5.74, 6) is 0.515. The van der Waals surface area contributed by atoms with Crippen molar-refractivity contribution < 1.29 is 9.53 Å². The number of hydrogen-bond donors (Lipinski definition) is 2. The predicted molar refractivity (Wildman–Crippen MR) is 73.2 cm³/mol. The molecule has 0 spiro atoms. The molecular formula is C14H28N2O2. The van der Waals surface area contributed by atoms with Gasteiger partial charge in [0.15, 0.2) is 0 Å². The lowest BCUT2D eigenvalue weighted by Gasteiger charge is -2.33. The van der Waals surface area contributed by atoms with Crippen LogP contribution in [-0.4, -0.2) is 31.7 Å². The van der Waals surface area contributed by atoms with Gasteiger partial charge in [0, 0.05) is 19.1 Å². The van der Waals surface area contributed by atoms with Gasteiger partial charge in [-0.05, 0) is 25.2 Å². The van der Waals surface area contributed by atoms with Crippen LogP contribution in [0.4, 0.5) is 0 Å². The van der Waals surface area contributed by atoms with Crippen molar-refractivity contribution in [2.45, 2.75) is 58.0 Å². The summed E-state index contributed by atoms with van der Waals surface area (Å²) in [6.07, 6.45) is 5.08. The summed E-state index contributed by atoms with van der Waals surface area (Å²) in [4.78, 5) is 12.3. The number of hydrogen-bond acceptors (Lipinski definition) is 3. The average molecular weight is 256 g/mol. The van der Waals surface area contributed by atoms with E-state index in [4.69, 9.17) is 10.5 Å². The van der Waals surface area contributed by atoms with Crippen molar-refractivity contribution in [2.75, 3.05) is 13.7 Å². The maximum atomic E-state index is 12.3. The number of carbonyl (C=O) groups excluding carboxylic acids is 1. The molecule has 1 aliphatic rings. The van der Waals surface area contributed by atoms with Gasteiger partial charge in [-0.15, -0.1) is 0 Å². The third kappa shape index (κ3) is 4.25. The van der Waals surface area contributed by atoms with Crippen LogP contribution in [-0.2, 0) is 9.53 Å². The highest BCUT2D eigenvalue weighted by Crippen LogP contribution is 2.29. The van der Waals surface area contributed by atoms with E-state index in [1.165, 1.54) is 0 Å². The first-order chi connectivity index (χ1) is 8.60. The highest BCUT2D eigenvalue weighted by Gasteiger charge is 2.33. The Morgan fingerprint density at radius 1 is 1.50 bits per heavy atom. The maximum absolute atomic E-state index is 12.3. The average Bonchev–Trinajstić information content (AvgIpc) is 2.33. The summed E-state index contributed by atoms with van der Waals surface area (Å²) in [5, 5.41) is 3.12. The SMILES string of the molecule is CCCC(COC)NC(=O)C1CCCC(N)C1C. The molecule has 1 saturated carbocycles. The molecule has 1 aliphatic carbocycles. The van der Waals surface area contributed by atoms with Gasteiger partial charge < -0.3 is 15.8 Å². The molecule has 4 heteroatoms. The lowest BCUT2D eigenvalue weighted by molar-refractivity contribution is -0.129. The Hall–Kier alpha value is -0.610. The number of ether oxygens (including phenoxy) is 1. The molecule has 0 aromatic rings. The summed E-state index contributed by atoms with van der Waals surface area (Å²) in [6.45, 7) is 4.81.